The molecule has 0 saturated carbocycles. The van der Waals surface area contributed by atoms with Crippen molar-refractivity contribution in [1.29, 1.82) is 0 Å². The first-order valence-corrected chi connectivity index (χ1v) is 5.85. The Labute approximate surface area is 111 Å². The number of amides is 1. The summed E-state index contributed by atoms with van der Waals surface area (Å²) in [6.07, 6.45) is 2.65. The van der Waals surface area contributed by atoms with Crippen molar-refractivity contribution in [2.75, 3.05) is 0 Å². The molecular weight excluding hydrogens is 303 g/mol. The molecule has 0 saturated heterocycles. The van der Waals surface area contributed by atoms with Gasteiger partial charge in [0, 0.05) is 12.7 Å². The second kappa shape index (κ2) is 4.87. The molecule has 0 unspecified atom stereocenters. The summed E-state index contributed by atoms with van der Waals surface area (Å²) in [6, 6.07) is 3.23. The van der Waals surface area contributed by atoms with E-state index >= 15 is 0 Å². The molecule has 2 aromatic rings. The average Bonchev–Trinajstić information content (AvgIpc) is 2.82. The first-order valence-electron chi connectivity index (χ1n) is 5.06. The number of hydrogen-bond donors (Lipinski definition) is 2. The summed E-state index contributed by atoms with van der Waals surface area (Å²) >= 11 is 3.14. The fourth-order valence-electron chi connectivity index (χ4n) is 1.50. The summed E-state index contributed by atoms with van der Waals surface area (Å²) in [5.74, 6) is -1.10. The van der Waals surface area contributed by atoms with Crippen LogP contribution >= 0.6 is 15.9 Å². The quantitative estimate of drug-likeness (QED) is 0.896. The van der Waals surface area contributed by atoms with Crippen LogP contribution < -0.4 is 11.5 Å². The van der Waals surface area contributed by atoms with E-state index in [2.05, 4.69) is 21.0 Å². The topological polar surface area (TPSA) is 86.9 Å². The van der Waals surface area contributed by atoms with Gasteiger partial charge in [-0.2, -0.15) is 5.10 Å². The third kappa shape index (κ3) is 2.14. The molecule has 0 aliphatic rings. The Bertz CT molecular complexity index is 611. The molecule has 1 aromatic carbocycles. The van der Waals surface area contributed by atoms with Crippen molar-refractivity contribution >= 4 is 21.8 Å². The second-order valence-corrected chi connectivity index (χ2v) is 4.41. The van der Waals surface area contributed by atoms with Gasteiger partial charge in [-0.15, -0.1) is 0 Å². The zero-order valence-corrected chi connectivity index (χ0v) is 10.8. The predicted octanol–water partition coefficient (Wildman–Crippen LogP) is 1.33. The molecule has 0 fully saturated rings. The zero-order valence-electron chi connectivity index (χ0n) is 9.23. The first-order chi connectivity index (χ1) is 8.54. The van der Waals surface area contributed by atoms with E-state index in [1.165, 1.54) is 17.1 Å². The largest absolute Gasteiger partial charge is 0.366 e. The highest BCUT2D eigenvalue weighted by Gasteiger charge is 2.13. The van der Waals surface area contributed by atoms with Gasteiger partial charge in [0.05, 0.1) is 16.2 Å². The summed E-state index contributed by atoms with van der Waals surface area (Å²) in [4.78, 5) is 10.9. The number of benzene rings is 1. The van der Waals surface area contributed by atoms with Gasteiger partial charge in [0.1, 0.15) is 5.69 Å². The lowest BCUT2D eigenvalue weighted by molar-refractivity contribution is 0.100. The molecule has 0 radical (unpaired) electrons. The minimum absolute atomic E-state index is 0.214. The molecule has 0 atom stereocenters. The highest BCUT2D eigenvalue weighted by atomic mass is 79.9. The molecule has 5 nitrogen and oxygen atoms in total. The van der Waals surface area contributed by atoms with E-state index in [9.17, 15) is 9.18 Å². The highest BCUT2D eigenvalue weighted by molar-refractivity contribution is 9.10. The van der Waals surface area contributed by atoms with Gasteiger partial charge in [0.25, 0.3) is 5.91 Å². The lowest BCUT2D eigenvalue weighted by Gasteiger charge is -2.08. The van der Waals surface area contributed by atoms with Gasteiger partial charge in [-0.05, 0) is 27.6 Å². The summed E-state index contributed by atoms with van der Waals surface area (Å²) < 4.78 is 15.6. The fourth-order valence-corrected chi connectivity index (χ4v) is 1.99. The van der Waals surface area contributed by atoms with Crippen molar-refractivity contribution in [2.45, 2.75) is 6.54 Å². The molecule has 0 aliphatic carbocycles. The van der Waals surface area contributed by atoms with E-state index in [4.69, 9.17) is 11.5 Å². The number of rotatable bonds is 3. The average molecular weight is 313 g/mol. The van der Waals surface area contributed by atoms with Crippen molar-refractivity contribution in [3.8, 4) is 5.69 Å². The maximum atomic E-state index is 14.1. The summed E-state index contributed by atoms with van der Waals surface area (Å²) in [6.45, 7) is 0.226. The molecule has 1 aromatic heterocycles. The van der Waals surface area contributed by atoms with Gasteiger partial charge in [-0.25, -0.2) is 9.07 Å². The van der Waals surface area contributed by atoms with Crippen molar-refractivity contribution in [3.05, 3.63) is 45.9 Å². The van der Waals surface area contributed by atoms with Crippen LogP contribution in [0.1, 0.15) is 15.9 Å². The zero-order chi connectivity index (χ0) is 13.3. The second-order valence-electron chi connectivity index (χ2n) is 3.61. The number of primary amides is 1. The standard InChI is InChI=1S/C11H10BrFN4O/c12-9-6(3-14)1-2-8(10(9)13)17-5-7(4-16-17)11(15)18/h1-2,4-5H,3,14H2,(H2,15,18). The Kier molecular flexibility index (Phi) is 3.44. The van der Waals surface area contributed by atoms with Gasteiger partial charge in [-0.3, -0.25) is 4.79 Å². The van der Waals surface area contributed by atoms with Crippen LogP contribution in [0.4, 0.5) is 4.39 Å². The molecule has 4 N–H and O–H groups in total. The molecule has 0 spiro atoms. The summed E-state index contributed by atoms with van der Waals surface area (Å²) in [5.41, 5.74) is 11.7. The van der Waals surface area contributed by atoms with Crippen LogP contribution in [0.5, 0.6) is 0 Å². The predicted molar refractivity (Wildman–Crippen MR) is 67.6 cm³/mol. The number of nitrogens with zero attached hydrogens (tertiary/aromatic N) is 2. The van der Waals surface area contributed by atoms with Gasteiger partial charge in [-0.1, -0.05) is 6.07 Å². The number of carbonyl (C=O) groups excluding carboxylic acids is 1. The van der Waals surface area contributed by atoms with Crippen LogP contribution in [0.3, 0.4) is 0 Å². The van der Waals surface area contributed by atoms with Gasteiger partial charge < -0.3 is 11.5 Å². The van der Waals surface area contributed by atoms with Crippen molar-refractivity contribution in [1.82, 2.24) is 9.78 Å². The van der Waals surface area contributed by atoms with Crippen LogP contribution in [0.15, 0.2) is 29.0 Å². The van der Waals surface area contributed by atoms with Crippen molar-refractivity contribution < 1.29 is 9.18 Å². The van der Waals surface area contributed by atoms with Crippen LogP contribution in [0.25, 0.3) is 5.69 Å². The van der Waals surface area contributed by atoms with Crippen LogP contribution in [-0.4, -0.2) is 15.7 Å². The Morgan fingerprint density at radius 1 is 1.50 bits per heavy atom. The smallest absolute Gasteiger partial charge is 0.251 e. The third-order valence-corrected chi connectivity index (χ3v) is 3.33. The number of carbonyl (C=O) groups is 1. The molecule has 0 aliphatic heterocycles. The molecule has 2 rings (SSSR count). The third-order valence-electron chi connectivity index (χ3n) is 2.48. The SMILES string of the molecule is NCc1ccc(-n2cc(C(N)=O)cn2)c(F)c1Br. The Hall–Kier alpha value is -1.73. The lowest BCUT2D eigenvalue weighted by atomic mass is 10.2. The molecule has 94 valence electrons. The van der Waals surface area contributed by atoms with Crippen molar-refractivity contribution in [3.63, 3.8) is 0 Å². The normalized spacial score (nSPS) is 10.6. The van der Waals surface area contributed by atoms with E-state index in [0.717, 1.165) is 0 Å². The van der Waals surface area contributed by atoms with E-state index in [-0.39, 0.29) is 17.8 Å². The number of hydrogen-bond acceptors (Lipinski definition) is 3. The molecular formula is C11H10BrFN4O. The van der Waals surface area contributed by atoms with Crippen LogP contribution in [0.2, 0.25) is 0 Å². The van der Waals surface area contributed by atoms with E-state index in [0.29, 0.717) is 10.0 Å². The Balaban J connectivity index is 2.50. The van der Waals surface area contributed by atoms with Crippen LogP contribution in [-0.2, 0) is 6.54 Å². The summed E-state index contributed by atoms with van der Waals surface area (Å²) in [7, 11) is 0. The number of nitrogens with two attached hydrogens (primary N) is 2. The fraction of sp³-hybridized carbons (Fsp3) is 0.0909. The Morgan fingerprint density at radius 2 is 2.22 bits per heavy atom. The monoisotopic (exact) mass is 312 g/mol. The van der Waals surface area contributed by atoms with Crippen molar-refractivity contribution in [2.24, 2.45) is 11.5 Å². The molecule has 0 bridgehead atoms. The lowest BCUT2D eigenvalue weighted by Crippen LogP contribution is -2.09. The Morgan fingerprint density at radius 3 is 2.78 bits per heavy atom. The highest BCUT2D eigenvalue weighted by Crippen LogP contribution is 2.25. The molecule has 1 amide bonds. The molecule has 1 heterocycles. The maximum absolute atomic E-state index is 14.1. The maximum Gasteiger partial charge on any atom is 0.251 e. The molecule has 7 heteroatoms. The molecule has 18 heavy (non-hydrogen) atoms. The van der Waals surface area contributed by atoms with Gasteiger partial charge in [0.2, 0.25) is 0 Å². The van der Waals surface area contributed by atoms with Gasteiger partial charge >= 0.3 is 0 Å². The first kappa shape index (κ1) is 12.7. The van der Waals surface area contributed by atoms with E-state index < -0.39 is 11.7 Å². The van der Waals surface area contributed by atoms with Crippen LogP contribution in [0, 0.1) is 5.82 Å². The number of aromatic nitrogens is 2. The summed E-state index contributed by atoms with van der Waals surface area (Å²) in [5, 5.41) is 3.89. The minimum atomic E-state index is -0.612. The van der Waals surface area contributed by atoms with E-state index in [1.54, 1.807) is 12.1 Å². The number of halogens is 2. The minimum Gasteiger partial charge on any atom is -0.366 e. The van der Waals surface area contributed by atoms with E-state index in [1.807, 2.05) is 0 Å². The van der Waals surface area contributed by atoms with Gasteiger partial charge in [0.15, 0.2) is 5.82 Å².